The third-order valence-corrected chi connectivity index (χ3v) is 5.91. The molecule has 1 amide bonds. The van der Waals surface area contributed by atoms with E-state index >= 15 is 0 Å². The molecule has 0 spiro atoms. The Labute approximate surface area is 180 Å². The predicted molar refractivity (Wildman–Crippen MR) is 114 cm³/mol. The number of nitrogens with two attached hydrogens (primary N) is 1. The van der Waals surface area contributed by atoms with Crippen molar-refractivity contribution in [3.63, 3.8) is 0 Å². The molecule has 158 valence electrons. The molecule has 0 saturated heterocycles. The van der Waals surface area contributed by atoms with Crippen LogP contribution in [-0.4, -0.2) is 31.3 Å². The summed E-state index contributed by atoms with van der Waals surface area (Å²) in [4.78, 5) is 24.9. The Bertz CT molecular complexity index is 1180. The van der Waals surface area contributed by atoms with Crippen LogP contribution in [0.3, 0.4) is 0 Å². The molecule has 1 fully saturated rings. The molecule has 1 aromatic carbocycles. The monoisotopic (exact) mass is 416 g/mol. The molecule has 2 heterocycles. The van der Waals surface area contributed by atoms with Crippen molar-refractivity contribution < 1.29 is 9.59 Å². The van der Waals surface area contributed by atoms with Gasteiger partial charge in [0.25, 0.3) is 0 Å². The fourth-order valence-corrected chi connectivity index (χ4v) is 4.40. The molecule has 0 radical (unpaired) electrons. The number of aromatic nitrogens is 4. The molecule has 2 aromatic heterocycles. The Morgan fingerprint density at radius 3 is 2.45 bits per heavy atom. The first kappa shape index (κ1) is 20.5. The maximum Gasteiger partial charge on any atom is 0.221 e. The normalized spacial score (nSPS) is 18.5. The molecule has 2 unspecified atom stereocenters. The van der Waals surface area contributed by atoms with E-state index in [2.05, 4.69) is 16.3 Å². The number of aryl methyl sites for hydroxylation is 2. The number of primary amides is 1. The van der Waals surface area contributed by atoms with E-state index in [9.17, 15) is 14.9 Å². The molecule has 4 rings (SSSR count). The maximum atomic E-state index is 13.1. The van der Waals surface area contributed by atoms with Gasteiger partial charge in [0.15, 0.2) is 11.5 Å². The van der Waals surface area contributed by atoms with E-state index < -0.39 is 0 Å². The Hall–Kier alpha value is -3.73. The number of nitrogens with zero attached hydrogens (tertiary/aromatic N) is 5. The number of Topliss-reactive ketones (excluding diaryl/α,β-unsaturated/α-hetero) is 1. The zero-order chi connectivity index (χ0) is 22.1. The number of carbonyl (C=O) groups excluding carboxylic acids is 2. The summed E-state index contributed by atoms with van der Waals surface area (Å²) in [6.07, 6.45) is 4.98. The van der Waals surface area contributed by atoms with Crippen molar-refractivity contribution in [1.29, 1.82) is 5.26 Å². The predicted octanol–water partition coefficient (Wildman–Crippen LogP) is 2.93. The summed E-state index contributed by atoms with van der Waals surface area (Å²) < 4.78 is 3.28. The molecule has 3 aromatic rings. The van der Waals surface area contributed by atoms with Crippen LogP contribution in [0.4, 0.5) is 0 Å². The number of ketones is 1. The molecular weight excluding hydrogens is 392 g/mol. The first-order valence-corrected chi connectivity index (χ1v) is 10.3. The summed E-state index contributed by atoms with van der Waals surface area (Å²) in [5.41, 5.74) is 9.46. The summed E-state index contributed by atoms with van der Waals surface area (Å²) in [5, 5.41) is 18.1. The minimum Gasteiger partial charge on any atom is -0.369 e. The summed E-state index contributed by atoms with van der Waals surface area (Å²) in [6.45, 7) is 1.88. The molecule has 2 atom stereocenters. The molecule has 1 aliphatic carbocycles. The van der Waals surface area contributed by atoms with Crippen molar-refractivity contribution in [1.82, 2.24) is 19.6 Å². The highest BCUT2D eigenvalue weighted by molar-refractivity contribution is 6.00. The van der Waals surface area contributed by atoms with E-state index in [-0.39, 0.29) is 29.2 Å². The molecule has 1 aliphatic rings. The van der Waals surface area contributed by atoms with Crippen LogP contribution in [0.15, 0.2) is 36.5 Å². The first-order chi connectivity index (χ1) is 14.9. The molecule has 0 aliphatic heterocycles. The van der Waals surface area contributed by atoms with E-state index in [0.29, 0.717) is 24.1 Å². The second-order valence-corrected chi connectivity index (χ2v) is 8.07. The molecule has 0 bridgehead atoms. The molecular formula is C23H24N6O2. The lowest BCUT2D eigenvalue weighted by atomic mass is 9.75. The van der Waals surface area contributed by atoms with Crippen LogP contribution in [0, 0.1) is 30.1 Å². The summed E-state index contributed by atoms with van der Waals surface area (Å²) >= 11 is 0. The van der Waals surface area contributed by atoms with Crippen LogP contribution in [0.2, 0.25) is 0 Å². The summed E-state index contributed by atoms with van der Waals surface area (Å²) in [7, 11) is 1.76. The van der Waals surface area contributed by atoms with Gasteiger partial charge in [0.2, 0.25) is 5.91 Å². The van der Waals surface area contributed by atoms with Crippen molar-refractivity contribution in [3.8, 4) is 23.0 Å². The third-order valence-electron chi connectivity index (χ3n) is 5.91. The fraction of sp³-hybridized carbons (Fsp3) is 0.348. The second-order valence-electron chi connectivity index (χ2n) is 8.07. The van der Waals surface area contributed by atoms with Gasteiger partial charge in [-0.05, 0) is 25.8 Å². The highest BCUT2D eigenvalue weighted by atomic mass is 16.1. The zero-order valence-corrected chi connectivity index (χ0v) is 17.6. The van der Waals surface area contributed by atoms with Gasteiger partial charge in [0, 0.05) is 30.0 Å². The van der Waals surface area contributed by atoms with E-state index in [1.165, 1.54) is 0 Å². The van der Waals surface area contributed by atoms with Crippen molar-refractivity contribution in [2.24, 2.45) is 24.6 Å². The van der Waals surface area contributed by atoms with Crippen molar-refractivity contribution >= 4 is 11.7 Å². The van der Waals surface area contributed by atoms with Gasteiger partial charge in [-0.1, -0.05) is 37.1 Å². The van der Waals surface area contributed by atoms with E-state index in [0.717, 1.165) is 29.8 Å². The number of benzene rings is 1. The van der Waals surface area contributed by atoms with Crippen LogP contribution in [-0.2, 0) is 11.8 Å². The Morgan fingerprint density at radius 1 is 1.13 bits per heavy atom. The van der Waals surface area contributed by atoms with Gasteiger partial charge < -0.3 is 5.73 Å². The van der Waals surface area contributed by atoms with E-state index in [1.54, 1.807) is 34.7 Å². The topological polar surface area (TPSA) is 120 Å². The number of amides is 1. The fourth-order valence-electron chi connectivity index (χ4n) is 4.40. The molecule has 31 heavy (non-hydrogen) atoms. The van der Waals surface area contributed by atoms with Gasteiger partial charge >= 0.3 is 0 Å². The van der Waals surface area contributed by atoms with Crippen molar-refractivity contribution in [3.05, 3.63) is 53.5 Å². The van der Waals surface area contributed by atoms with Gasteiger partial charge in [-0.25, -0.2) is 4.68 Å². The lowest BCUT2D eigenvalue weighted by Crippen LogP contribution is -2.36. The van der Waals surface area contributed by atoms with Gasteiger partial charge in [0.05, 0.1) is 17.6 Å². The number of hydrogen-bond donors (Lipinski definition) is 1. The van der Waals surface area contributed by atoms with Crippen molar-refractivity contribution in [2.75, 3.05) is 0 Å². The summed E-state index contributed by atoms with van der Waals surface area (Å²) in [6, 6.07) is 11.3. The smallest absolute Gasteiger partial charge is 0.221 e. The lowest BCUT2D eigenvalue weighted by Gasteiger charge is -2.28. The Morgan fingerprint density at radius 2 is 1.81 bits per heavy atom. The molecule has 8 nitrogen and oxygen atoms in total. The first-order valence-electron chi connectivity index (χ1n) is 10.3. The van der Waals surface area contributed by atoms with E-state index in [1.807, 2.05) is 25.1 Å². The standard InChI is InChI=1S/C23H24N6O2/c1-14-11-20(29(26-14)21-13-28(2)27-19(21)12-24)15-7-9-16(10-8-15)22(30)17-5-3-4-6-18(17)23(25)31/h7-11,13,17-18H,3-6H2,1-2H3,(H2,25,31). The van der Waals surface area contributed by atoms with Gasteiger partial charge in [-0.15, -0.1) is 0 Å². The molecule has 1 saturated carbocycles. The average Bonchev–Trinajstić information content (AvgIpc) is 3.35. The highest BCUT2D eigenvalue weighted by Gasteiger charge is 2.34. The number of carbonyl (C=O) groups is 2. The average molecular weight is 416 g/mol. The van der Waals surface area contributed by atoms with Crippen LogP contribution in [0.25, 0.3) is 16.9 Å². The second kappa shape index (κ2) is 8.19. The largest absolute Gasteiger partial charge is 0.369 e. The Balaban J connectivity index is 1.66. The van der Waals surface area contributed by atoms with Crippen LogP contribution >= 0.6 is 0 Å². The van der Waals surface area contributed by atoms with E-state index in [4.69, 9.17) is 5.73 Å². The maximum absolute atomic E-state index is 13.1. The lowest BCUT2D eigenvalue weighted by molar-refractivity contribution is -0.123. The van der Waals surface area contributed by atoms with Crippen LogP contribution < -0.4 is 5.73 Å². The zero-order valence-electron chi connectivity index (χ0n) is 17.6. The SMILES string of the molecule is Cc1cc(-c2ccc(C(=O)C3CCCCC3C(N)=O)cc2)n(-c2cn(C)nc2C#N)n1. The number of hydrogen-bond acceptors (Lipinski definition) is 5. The number of nitriles is 1. The van der Waals surface area contributed by atoms with Crippen LogP contribution in [0.1, 0.15) is 47.4 Å². The molecule has 8 heteroatoms. The van der Waals surface area contributed by atoms with Crippen molar-refractivity contribution in [2.45, 2.75) is 32.6 Å². The van der Waals surface area contributed by atoms with Gasteiger partial charge in [0.1, 0.15) is 11.8 Å². The van der Waals surface area contributed by atoms with Gasteiger partial charge in [-0.2, -0.15) is 15.5 Å². The third kappa shape index (κ3) is 3.87. The number of rotatable bonds is 5. The van der Waals surface area contributed by atoms with Crippen LogP contribution in [0.5, 0.6) is 0 Å². The van der Waals surface area contributed by atoms with Gasteiger partial charge in [-0.3, -0.25) is 14.3 Å². The summed E-state index contributed by atoms with van der Waals surface area (Å²) in [5.74, 6) is -1.16. The molecule has 2 N–H and O–H groups in total. The quantitative estimate of drug-likeness (QED) is 0.641. The highest BCUT2D eigenvalue weighted by Crippen LogP contribution is 2.33. The Kier molecular flexibility index (Phi) is 5.42. The minimum absolute atomic E-state index is 0.0289. The minimum atomic E-state index is -0.390.